The minimum Gasteiger partial charge on any atom is -0.396 e. The largest absolute Gasteiger partial charge is 0.396 e. The Bertz CT molecular complexity index is 620. The van der Waals surface area contributed by atoms with Gasteiger partial charge in [0.15, 0.2) is 0 Å². The van der Waals surface area contributed by atoms with Crippen LogP contribution in [0.1, 0.15) is 42.6 Å². The molecule has 1 heterocycles. The number of carbonyl (C=O) groups is 1. The van der Waals surface area contributed by atoms with Crippen LogP contribution < -0.4 is 5.32 Å². The lowest BCUT2D eigenvalue weighted by Crippen LogP contribution is -2.26. The lowest BCUT2D eigenvalue weighted by atomic mass is 9.89. The van der Waals surface area contributed by atoms with Gasteiger partial charge in [0.05, 0.1) is 18.3 Å². The highest BCUT2D eigenvalue weighted by molar-refractivity contribution is 5.93. The van der Waals surface area contributed by atoms with Crippen LogP contribution in [0.2, 0.25) is 0 Å². The molecule has 0 bridgehead atoms. The molecule has 5 nitrogen and oxygen atoms in total. The summed E-state index contributed by atoms with van der Waals surface area (Å²) >= 11 is 0. The Hall–Kier alpha value is -2.14. The number of nitrogens with one attached hydrogen (secondary N) is 1. The fourth-order valence-electron chi connectivity index (χ4n) is 2.29. The van der Waals surface area contributed by atoms with Crippen molar-refractivity contribution in [2.75, 3.05) is 13.2 Å². The average molecular weight is 315 g/mol. The van der Waals surface area contributed by atoms with E-state index in [1.807, 2.05) is 44.2 Å². The quantitative estimate of drug-likeness (QED) is 0.735. The summed E-state index contributed by atoms with van der Waals surface area (Å²) in [5.41, 5.74) is 1.63. The summed E-state index contributed by atoms with van der Waals surface area (Å²) in [6.07, 6.45) is 5.07. The number of aromatic nitrogens is 2. The molecule has 0 fully saturated rings. The van der Waals surface area contributed by atoms with E-state index < -0.39 is 0 Å². The first kappa shape index (κ1) is 17.2. The zero-order valence-corrected chi connectivity index (χ0v) is 13.8. The molecule has 1 aromatic heterocycles. The molecule has 2 rings (SSSR count). The van der Waals surface area contributed by atoms with Gasteiger partial charge in [-0.15, -0.1) is 0 Å². The summed E-state index contributed by atoms with van der Waals surface area (Å²) in [5, 5.41) is 16.3. The minimum atomic E-state index is -0.105. The van der Waals surface area contributed by atoms with Gasteiger partial charge in [-0.25, -0.2) is 0 Å². The smallest absolute Gasteiger partial charge is 0.254 e. The standard InChI is InChI=1S/C18H25N3O2/c1-18(2,14-22)9-6-10-19-17(23)16-11-20-21(13-16)12-15-7-4-3-5-8-15/h3-5,7-8,11,13,22H,6,9-10,12,14H2,1-2H3,(H,19,23). The molecule has 2 aromatic rings. The van der Waals surface area contributed by atoms with Crippen LogP contribution in [0.4, 0.5) is 0 Å². The Morgan fingerprint density at radius 1 is 1.30 bits per heavy atom. The van der Waals surface area contributed by atoms with Crippen molar-refractivity contribution in [1.29, 1.82) is 0 Å². The lowest BCUT2D eigenvalue weighted by molar-refractivity contribution is 0.0948. The molecular formula is C18H25N3O2. The maximum absolute atomic E-state index is 12.1. The lowest BCUT2D eigenvalue weighted by Gasteiger charge is -2.21. The normalized spacial score (nSPS) is 11.4. The third kappa shape index (κ3) is 5.53. The van der Waals surface area contributed by atoms with E-state index in [1.165, 1.54) is 0 Å². The molecule has 0 aliphatic rings. The molecule has 0 spiro atoms. The number of aliphatic hydroxyl groups excluding tert-OH is 1. The fraction of sp³-hybridized carbons (Fsp3) is 0.444. The second kappa shape index (κ2) is 7.92. The molecule has 23 heavy (non-hydrogen) atoms. The topological polar surface area (TPSA) is 67.2 Å². The van der Waals surface area contributed by atoms with E-state index in [0.717, 1.165) is 18.4 Å². The summed E-state index contributed by atoms with van der Waals surface area (Å²) in [6, 6.07) is 10.0. The van der Waals surface area contributed by atoms with Crippen LogP contribution in [-0.4, -0.2) is 33.9 Å². The number of carbonyl (C=O) groups excluding carboxylic acids is 1. The number of aliphatic hydroxyl groups is 1. The van der Waals surface area contributed by atoms with E-state index in [4.69, 9.17) is 0 Å². The Labute approximate surface area is 137 Å². The van der Waals surface area contributed by atoms with Crippen LogP contribution in [0.5, 0.6) is 0 Å². The van der Waals surface area contributed by atoms with Gasteiger partial charge in [-0.3, -0.25) is 9.48 Å². The van der Waals surface area contributed by atoms with Gasteiger partial charge in [-0.2, -0.15) is 5.10 Å². The average Bonchev–Trinajstić information content (AvgIpc) is 3.01. The van der Waals surface area contributed by atoms with Crippen molar-refractivity contribution in [3.63, 3.8) is 0 Å². The Balaban J connectivity index is 1.80. The summed E-state index contributed by atoms with van der Waals surface area (Å²) in [5.74, 6) is -0.105. The number of hydrogen-bond donors (Lipinski definition) is 2. The van der Waals surface area contributed by atoms with Crippen molar-refractivity contribution >= 4 is 5.91 Å². The molecule has 0 saturated carbocycles. The van der Waals surface area contributed by atoms with Gasteiger partial charge < -0.3 is 10.4 Å². The summed E-state index contributed by atoms with van der Waals surface area (Å²) in [7, 11) is 0. The van der Waals surface area contributed by atoms with Crippen molar-refractivity contribution in [2.45, 2.75) is 33.2 Å². The van der Waals surface area contributed by atoms with Crippen LogP contribution >= 0.6 is 0 Å². The molecule has 0 radical (unpaired) electrons. The molecular weight excluding hydrogens is 290 g/mol. The highest BCUT2D eigenvalue weighted by Crippen LogP contribution is 2.20. The molecule has 0 saturated heterocycles. The predicted molar refractivity (Wildman–Crippen MR) is 90.2 cm³/mol. The number of hydrogen-bond acceptors (Lipinski definition) is 3. The maximum Gasteiger partial charge on any atom is 0.254 e. The van der Waals surface area contributed by atoms with E-state index in [0.29, 0.717) is 18.7 Å². The molecule has 5 heteroatoms. The van der Waals surface area contributed by atoms with Gasteiger partial charge in [0.2, 0.25) is 0 Å². The zero-order chi connectivity index (χ0) is 16.7. The van der Waals surface area contributed by atoms with Gasteiger partial charge in [0.1, 0.15) is 0 Å². The molecule has 0 unspecified atom stereocenters. The van der Waals surface area contributed by atoms with Crippen LogP contribution in [0, 0.1) is 5.41 Å². The Kier molecular flexibility index (Phi) is 5.93. The first-order chi connectivity index (χ1) is 11.0. The van der Waals surface area contributed by atoms with Crippen molar-refractivity contribution < 1.29 is 9.90 Å². The number of nitrogens with zero attached hydrogens (tertiary/aromatic N) is 2. The second-order valence-electron chi connectivity index (χ2n) is 6.59. The molecule has 1 amide bonds. The summed E-state index contributed by atoms with van der Waals surface area (Å²) in [4.78, 5) is 12.1. The fourth-order valence-corrected chi connectivity index (χ4v) is 2.29. The van der Waals surface area contributed by atoms with E-state index in [9.17, 15) is 9.90 Å². The van der Waals surface area contributed by atoms with Crippen LogP contribution in [-0.2, 0) is 6.54 Å². The van der Waals surface area contributed by atoms with E-state index in [1.54, 1.807) is 17.1 Å². The van der Waals surface area contributed by atoms with E-state index in [-0.39, 0.29) is 17.9 Å². The van der Waals surface area contributed by atoms with Crippen LogP contribution in [0.3, 0.4) is 0 Å². The minimum absolute atomic E-state index is 0.0920. The monoisotopic (exact) mass is 315 g/mol. The Morgan fingerprint density at radius 2 is 2.04 bits per heavy atom. The predicted octanol–water partition coefficient (Wildman–Crippen LogP) is 2.46. The molecule has 0 aliphatic heterocycles. The SMILES string of the molecule is CC(C)(CO)CCCNC(=O)c1cnn(Cc2ccccc2)c1. The molecule has 0 atom stereocenters. The molecule has 0 aliphatic carbocycles. The highest BCUT2D eigenvalue weighted by atomic mass is 16.3. The van der Waals surface area contributed by atoms with Crippen molar-refractivity contribution in [3.8, 4) is 0 Å². The van der Waals surface area contributed by atoms with E-state index in [2.05, 4.69) is 10.4 Å². The zero-order valence-electron chi connectivity index (χ0n) is 13.8. The van der Waals surface area contributed by atoms with Crippen molar-refractivity contribution in [1.82, 2.24) is 15.1 Å². The van der Waals surface area contributed by atoms with Gasteiger partial charge in [0, 0.05) is 19.3 Å². The number of rotatable bonds is 8. The summed E-state index contributed by atoms with van der Waals surface area (Å²) in [6.45, 7) is 5.45. The van der Waals surface area contributed by atoms with Crippen LogP contribution in [0.25, 0.3) is 0 Å². The maximum atomic E-state index is 12.1. The van der Waals surface area contributed by atoms with Gasteiger partial charge in [0.25, 0.3) is 5.91 Å². The number of amides is 1. The first-order valence-corrected chi connectivity index (χ1v) is 7.96. The second-order valence-corrected chi connectivity index (χ2v) is 6.59. The van der Waals surface area contributed by atoms with Crippen molar-refractivity contribution in [3.05, 3.63) is 53.9 Å². The van der Waals surface area contributed by atoms with Crippen LogP contribution in [0.15, 0.2) is 42.7 Å². The van der Waals surface area contributed by atoms with Gasteiger partial charge >= 0.3 is 0 Å². The van der Waals surface area contributed by atoms with Gasteiger partial charge in [-0.05, 0) is 23.8 Å². The first-order valence-electron chi connectivity index (χ1n) is 7.96. The Morgan fingerprint density at radius 3 is 2.74 bits per heavy atom. The summed E-state index contributed by atoms with van der Waals surface area (Å²) < 4.78 is 1.76. The molecule has 1 aromatic carbocycles. The highest BCUT2D eigenvalue weighted by Gasteiger charge is 2.16. The van der Waals surface area contributed by atoms with E-state index >= 15 is 0 Å². The molecule has 124 valence electrons. The van der Waals surface area contributed by atoms with Crippen molar-refractivity contribution in [2.24, 2.45) is 5.41 Å². The third-order valence-electron chi connectivity index (χ3n) is 3.83. The van der Waals surface area contributed by atoms with Gasteiger partial charge in [-0.1, -0.05) is 44.2 Å². The third-order valence-corrected chi connectivity index (χ3v) is 3.83. The number of benzene rings is 1. The molecule has 2 N–H and O–H groups in total.